The third-order valence-electron chi connectivity index (χ3n) is 4.58. The van der Waals surface area contributed by atoms with Crippen molar-refractivity contribution in [2.45, 2.75) is 31.9 Å². The van der Waals surface area contributed by atoms with Crippen LogP contribution in [-0.4, -0.2) is 41.2 Å². The van der Waals surface area contributed by atoms with Crippen LogP contribution in [-0.2, 0) is 58.4 Å². The molecule has 0 fully saturated rings. The first-order chi connectivity index (χ1) is 17.2. The third-order valence-corrected chi connectivity index (χ3v) is 4.58. The van der Waals surface area contributed by atoms with Crippen molar-refractivity contribution >= 4 is 0 Å². The van der Waals surface area contributed by atoms with E-state index in [2.05, 4.69) is 0 Å². The second kappa shape index (κ2) is 37.6. The maximum absolute atomic E-state index is 9.02. The number of aliphatic hydroxyl groups is 7. The van der Waals surface area contributed by atoms with Gasteiger partial charge in [0.2, 0.25) is 0 Å². The average molecular weight is 769 g/mol. The summed E-state index contributed by atoms with van der Waals surface area (Å²) in [5.74, 6) is 0. The first-order valence-electron chi connectivity index (χ1n) is 11.2. The van der Waals surface area contributed by atoms with Gasteiger partial charge in [0.25, 0.3) is 0 Å². The van der Waals surface area contributed by atoms with E-state index in [1.165, 1.54) is 0 Å². The summed E-state index contributed by atoms with van der Waals surface area (Å²) in [4.78, 5) is 0. The van der Waals surface area contributed by atoms with Gasteiger partial charge in [0, 0.05) is 75.1 Å². The molecule has 9 N–H and O–H groups in total. The molecule has 44 heavy (non-hydrogen) atoms. The minimum Gasteiger partial charge on any atom is -0.412 e. The van der Waals surface area contributed by atoms with Gasteiger partial charge in [-0.05, 0) is 12.5 Å². The van der Waals surface area contributed by atoms with Crippen molar-refractivity contribution in [2.24, 2.45) is 0 Å². The Balaban J connectivity index is -0.0000000617. The Bertz CT molecular complexity index is 870. The monoisotopic (exact) mass is 764 g/mol. The van der Waals surface area contributed by atoms with Crippen LogP contribution in [0.25, 0.3) is 0 Å². The molecular formula is C33H48O8Zn3-4. The quantitative estimate of drug-likeness (QED) is 0.0895. The van der Waals surface area contributed by atoms with Gasteiger partial charge in [0.15, 0.2) is 18.9 Å². The minimum absolute atomic E-state index is 0. The molecule has 0 aliphatic rings. The molecule has 4 rings (SSSR count). The van der Waals surface area contributed by atoms with Crippen LogP contribution in [0.5, 0.6) is 0 Å². The van der Waals surface area contributed by atoms with Crippen molar-refractivity contribution in [2.75, 3.05) is 0 Å². The Morgan fingerprint density at radius 1 is 0.341 bits per heavy atom. The van der Waals surface area contributed by atoms with Gasteiger partial charge in [-0.2, -0.15) is 0 Å². The van der Waals surface area contributed by atoms with Crippen molar-refractivity contribution in [1.82, 2.24) is 0 Å². The fourth-order valence-electron chi connectivity index (χ4n) is 2.61. The molecule has 4 aromatic rings. The van der Waals surface area contributed by atoms with Crippen LogP contribution in [0.2, 0.25) is 0 Å². The van der Waals surface area contributed by atoms with Gasteiger partial charge in [-0.15, -0.1) is 0 Å². The van der Waals surface area contributed by atoms with E-state index in [1.54, 1.807) is 79.7 Å². The molecule has 4 aromatic carbocycles. The largest absolute Gasteiger partial charge is 0.412 e. The summed E-state index contributed by atoms with van der Waals surface area (Å²) >= 11 is 0. The van der Waals surface area contributed by atoms with Gasteiger partial charge in [0.1, 0.15) is 0 Å². The predicted molar refractivity (Wildman–Crippen MR) is 167 cm³/mol. The zero-order valence-electron chi connectivity index (χ0n) is 26.6. The van der Waals surface area contributed by atoms with Gasteiger partial charge >= 0.3 is 0 Å². The summed E-state index contributed by atoms with van der Waals surface area (Å²) in [6.45, 7) is 1.76. The Labute approximate surface area is 303 Å². The molecule has 8 nitrogen and oxygen atoms in total. The normalized spacial score (nSPS) is 8.89. The minimum atomic E-state index is -1.34. The molecule has 0 aromatic heterocycles. The third kappa shape index (κ3) is 29.2. The predicted octanol–water partition coefficient (Wildman–Crippen LogP) is 4.72. The van der Waals surface area contributed by atoms with Gasteiger partial charge in [-0.25, -0.2) is 0 Å². The molecule has 0 aliphatic heterocycles. The Morgan fingerprint density at radius 2 is 0.500 bits per heavy atom. The molecule has 0 heterocycles. The number of hydrogen-bond acceptors (Lipinski definition) is 7. The Hall–Kier alpha value is -1.57. The van der Waals surface area contributed by atoms with E-state index < -0.39 is 18.9 Å². The first-order valence-corrected chi connectivity index (χ1v) is 11.2. The van der Waals surface area contributed by atoms with Crippen LogP contribution < -0.4 is 0 Å². The van der Waals surface area contributed by atoms with E-state index in [0.29, 0.717) is 16.7 Å². The molecule has 0 spiro atoms. The Kier molecular flexibility index (Phi) is 52.5. The van der Waals surface area contributed by atoms with Crippen LogP contribution in [0.1, 0.15) is 54.2 Å². The number of hydrogen-bond donors (Lipinski definition) is 7. The second-order valence-corrected chi connectivity index (χ2v) is 7.44. The summed E-state index contributed by atoms with van der Waals surface area (Å²) in [6, 6.07) is 35.6. The fourth-order valence-corrected chi connectivity index (χ4v) is 2.61. The molecule has 0 bridgehead atoms. The van der Waals surface area contributed by atoms with Crippen molar-refractivity contribution in [1.29, 1.82) is 0 Å². The zero-order chi connectivity index (χ0) is 26.8. The molecule has 11 heteroatoms. The van der Waals surface area contributed by atoms with Gasteiger partial charge in [0.05, 0.1) is 6.10 Å². The topological polar surface area (TPSA) is 173 Å². The van der Waals surface area contributed by atoms with E-state index in [1.807, 2.05) is 48.5 Å². The smallest absolute Gasteiger partial charge is 0.178 e. The standard InChI is InChI=1S/C8H10O.3C7H8O2.4CH3.H2O.3Zn/c1-7(9)8-5-3-2-4-6-8;3*8-7(9)6-4-2-1-3-5-6;;;;;;;;/h2-7,9H,1H3;3*1-5,7-9H;4*1H3;1H2;;;/q;;;;4*-1;;;;. The van der Waals surface area contributed by atoms with Crippen LogP contribution in [0, 0.1) is 29.7 Å². The Morgan fingerprint density at radius 3 is 0.591 bits per heavy atom. The van der Waals surface area contributed by atoms with Crippen LogP contribution in [0.3, 0.4) is 0 Å². The van der Waals surface area contributed by atoms with Crippen molar-refractivity contribution in [3.05, 3.63) is 173 Å². The molecule has 0 saturated carbocycles. The summed E-state index contributed by atoms with van der Waals surface area (Å²) in [7, 11) is 0. The van der Waals surface area contributed by atoms with Crippen molar-refractivity contribution in [3.8, 4) is 0 Å². The molecule has 0 amide bonds. The molecular weight excluding hydrogens is 721 g/mol. The second-order valence-electron chi connectivity index (χ2n) is 7.44. The van der Waals surface area contributed by atoms with E-state index >= 15 is 0 Å². The van der Waals surface area contributed by atoms with Crippen LogP contribution >= 0.6 is 0 Å². The maximum atomic E-state index is 9.02. The molecule has 0 aliphatic carbocycles. The van der Waals surface area contributed by atoms with Crippen molar-refractivity contribution in [3.63, 3.8) is 0 Å². The maximum Gasteiger partial charge on any atom is 0.178 e. The van der Waals surface area contributed by atoms with Crippen LogP contribution in [0.15, 0.2) is 121 Å². The van der Waals surface area contributed by atoms with Crippen LogP contribution in [0.4, 0.5) is 0 Å². The molecule has 1 atom stereocenters. The first kappa shape index (κ1) is 61.4. The summed E-state index contributed by atoms with van der Waals surface area (Å²) in [5, 5.41) is 60.5. The fraction of sp³-hybridized carbons (Fsp3) is 0.152. The van der Waals surface area contributed by atoms with E-state index in [9.17, 15) is 0 Å². The summed E-state index contributed by atoms with van der Waals surface area (Å²) < 4.78 is 0. The SMILES string of the molecule is CC(O)c1ccccc1.O.OC(O)c1ccccc1.OC(O)c1ccccc1.OC(O)c1ccccc1.[CH3-].[CH3-].[CH3-].[CH3-].[Zn].[Zn].[Zn]. The number of rotatable bonds is 4. The number of aliphatic hydroxyl groups excluding tert-OH is 4. The molecule has 0 saturated heterocycles. The number of benzene rings is 4. The molecule has 1 unspecified atom stereocenters. The van der Waals surface area contributed by atoms with Gasteiger partial charge in [-0.3, -0.25) is 0 Å². The molecule has 0 radical (unpaired) electrons. The van der Waals surface area contributed by atoms with E-state index in [4.69, 9.17) is 35.7 Å². The van der Waals surface area contributed by atoms with Gasteiger partial charge < -0.3 is 70.9 Å². The van der Waals surface area contributed by atoms with Crippen molar-refractivity contribution < 1.29 is 99.7 Å². The van der Waals surface area contributed by atoms with E-state index in [0.717, 1.165) is 5.56 Å². The summed E-state index contributed by atoms with van der Waals surface area (Å²) in [5.41, 5.74) is 2.55. The van der Waals surface area contributed by atoms with Gasteiger partial charge in [-0.1, -0.05) is 121 Å². The molecule has 238 valence electrons. The zero-order valence-corrected chi connectivity index (χ0v) is 35.5. The summed E-state index contributed by atoms with van der Waals surface area (Å²) in [6.07, 6.45) is -4.37. The van der Waals surface area contributed by atoms with E-state index in [-0.39, 0.29) is 99.7 Å². The average Bonchev–Trinajstić information content (AvgIpc) is 2.92.